The molecule has 0 spiro atoms. The Labute approximate surface area is 214 Å². The number of rotatable bonds is 9. The minimum absolute atomic E-state index is 0.276. The second-order valence-corrected chi connectivity index (χ2v) is 10.2. The molecule has 0 atom stereocenters. The molecule has 0 bridgehead atoms. The van der Waals surface area contributed by atoms with Crippen molar-refractivity contribution in [2.75, 3.05) is 23.7 Å². The standard InChI is InChI=1S/C26H35F3N8/c27-26(28,29)18-7-5-17(6-8-18)15-31-13-14-32-23-22-24(37(16-33-22)21-3-1-2-4-21)36-25(35-23)34-20-11-9-19(30)10-12-20/h5-8,16,19-21,31H,1-4,9-15,30H2,(H2,32,34,35,36)/t19-,20-. The Kier molecular flexibility index (Phi) is 7.80. The summed E-state index contributed by atoms with van der Waals surface area (Å²) in [5, 5.41) is 10.2. The van der Waals surface area contributed by atoms with E-state index in [1.54, 1.807) is 0 Å². The SMILES string of the molecule is N[C@H]1CC[C@H](Nc2nc(NCCNCc3ccc(C(F)(F)F)cc3)c3ncn(C4CCCC4)c3n2)CC1. The monoisotopic (exact) mass is 516 g/mol. The third-order valence-corrected chi connectivity index (χ3v) is 7.45. The summed E-state index contributed by atoms with van der Waals surface area (Å²) in [5.74, 6) is 1.29. The van der Waals surface area contributed by atoms with Crippen LogP contribution in [0.5, 0.6) is 0 Å². The molecule has 2 heterocycles. The van der Waals surface area contributed by atoms with Crippen molar-refractivity contribution in [2.24, 2.45) is 5.73 Å². The number of nitrogens with two attached hydrogens (primary N) is 1. The van der Waals surface area contributed by atoms with E-state index in [1.165, 1.54) is 25.0 Å². The van der Waals surface area contributed by atoms with Crippen LogP contribution < -0.4 is 21.7 Å². The van der Waals surface area contributed by atoms with Crippen molar-refractivity contribution in [2.45, 2.75) is 82.2 Å². The number of alkyl halides is 3. The summed E-state index contributed by atoms with van der Waals surface area (Å²) in [6.45, 7) is 1.67. The van der Waals surface area contributed by atoms with Crippen LogP contribution in [0.3, 0.4) is 0 Å². The van der Waals surface area contributed by atoms with Crippen molar-refractivity contribution in [3.05, 3.63) is 41.7 Å². The molecule has 3 aromatic rings. The number of fused-ring (bicyclic) bond motifs is 1. The van der Waals surface area contributed by atoms with Crippen LogP contribution in [0.15, 0.2) is 30.6 Å². The number of nitrogens with one attached hydrogen (secondary N) is 3. The molecule has 2 fully saturated rings. The Morgan fingerprint density at radius 1 is 0.946 bits per heavy atom. The van der Waals surface area contributed by atoms with Gasteiger partial charge in [0.05, 0.1) is 11.9 Å². The van der Waals surface area contributed by atoms with Crippen LogP contribution in [0.4, 0.5) is 24.9 Å². The normalized spacial score (nSPS) is 21.0. The van der Waals surface area contributed by atoms with Crippen LogP contribution in [-0.4, -0.2) is 44.7 Å². The first kappa shape index (κ1) is 25.7. The molecule has 0 radical (unpaired) electrons. The van der Waals surface area contributed by atoms with Gasteiger partial charge in [-0.1, -0.05) is 25.0 Å². The summed E-state index contributed by atoms with van der Waals surface area (Å²) in [4.78, 5) is 14.3. The number of hydrogen-bond acceptors (Lipinski definition) is 7. The van der Waals surface area contributed by atoms with Gasteiger partial charge in [-0.3, -0.25) is 0 Å². The van der Waals surface area contributed by atoms with E-state index in [0.29, 0.717) is 43.5 Å². The molecule has 200 valence electrons. The van der Waals surface area contributed by atoms with Gasteiger partial charge in [0.15, 0.2) is 17.0 Å². The number of hydrogen-bond donors (Lipinski definition) is 4. The van der Waals surface area contributed by atoms with Crippen molar-refractivity contribution in [1.82, 2.24) is 24.8 Å². The summed E-state index contributed by atoms with van der Waals surface area (Å²) in [5.41, 5.74) is 7.84. The average Bonchev–Trinajstić information content (AvgIpc) is 3.55. The molecule has 2 aliphatic rings. The van der Waals surface area contributed by atoms with E-state index < -0.39 is 11.7 Å². The van der Waals surface area contributed by atoms with Gasteiger partial charge in [0, 0.05) is 37.8 Å². The van der Waals surface area contributed by atoms with Crippen molar-refractivity contribution in [3.63, 3.8) is 0 Å². The van der Waals surface area contributed by atoms with Crippen LogP contribution in [0.2, 0.25) is 0 Å². The molecule has 1 aromatic carbocycles. The minimum Gasteiger partial charge on any atom is -0.367 e. The maximum absolute atomic E-state index is 12.8. The average molecular weight is 517 g/mol. The first-order valence-corrected chi connectivity index (χ1v) is 13.2. The van der Waals surface area contributed by atoms with Gasteiger partial charge in [0.2, 0.25) is 5.95 Å². The summed E-state index contributed by atoms with van der Waals surface area (Å²) < 4.78 is 40.5. The Bertz CT molecular complexity index is 1160. The lowest BCUT2D eigenvalue weighted by atomic mass is 9.92. The second kappa shape index (κ2) is 11.2. The smallest absolute Gasteiger partial charge is 0.367 e. The molecule has 0 amide bonds. The van der Waals surface area contributed by atoms with Crippen molar-refractivity contribution < 1.29 is 13.2 Å². The molecule has 5 rings (SSSR count). The van der Waals surface area contributed by atoms with E-state index in [0.717, 1.165) is 67.4 Å². The second-order valence-electron chi connectivity index (χ2n) is 10.2. The molecular formula is C26H35F3N8. The largest absolute Gasteiger partial charge is 0.416 e. The van der Waals surface area contributed by atoms with E-state index in [9.17, 15) is 13.2 Å². The highest BCUT2D eigenvalue weighted by Crippen LogP contribution is 2.33. The molecule has 11 heteroatoms. The van der Waals surface area contributed by atoms with E-state index in [2.05, 4.69) is 25.5 Å². The topological polar surface area (TPSA) is 106 Å². The van der Waals surface area contributed by atoms with Crippen LogP contribution in [-0.2, 0) is 12.7 Å². The predicted octanol–water partition coefficient (Wildman–Crippen LogP) is 4.84. The highest BCUT2D eigenvalue weighted by Gasteiger charge is 2.30. The molecule has 8 nitrogen and oxygen atoms in total. The van der Waals surface area contributed by atoms with Gasteiger partial charge in [-0.05, 0) is 56.2 Å². The van der Waals surface area contributed by atoms with E-state index in [4.69, 9.17) is 15.7 Å². The molecule has 0 aliphatic heterocycles. The highest BCUT2D eigenvalue weighted by molar-refractivity contribution is 5.84. The van der Waals surface area contributed by atoms with Crippen molar-refractivity contribution in [1.29, 1.82) is 0 Å². The molecule has 5 N–H and O–H groups in total. The highest BCUT2D eigenvalue weighted by atomic mass is 19.4. The van der Waals surface area contributed by atoms with Crippen LogP contribution in [0.25, 0.3) is 11.2 Å². The zero-order valence-electron chi connectivity index (χ0n) is 20.9. The lowest BCUT2D eigenvalue weighted by Gasteiger charge is -2.27. The molecule has 0 unspecified atom stereocenters. The third kappa shape index (κ3) is 6.32. The Balaban J connectivity index is 1.24. The summed E-state index contributed by atoms with van der Waals surface area (Å²) in [6.07, 6.45) is 6.27. The van der Waals surface area contributed by atoms with Gasteiger partial charge in [-0.25, -0.2) is 4.98 Å². The lowest BCUT2D eigenvalue weighted by molar-refractivity contribution is -0.137. The maximum Gasteiger partial charge on any atom is 0.416 e. The summed E-state index contributed by atoms with van der Waals surface area (Å²) >= 11 is 0. The number of anilines is 2. The first-order chi connectivity index (χ1) is 17.9. The Hall–Kier alpha value is -2.92. The fourth-order valence-corrected chi connectivity index (χ4v) is 5.31. The molecule has 0 saturated heterocycles. The van der Waals surface area contributed by atoms with E-state index in [-0.39, 0.29) is 6.04 Å². The van der Waals surface area contributed by atoms with Crippen LogP contribution >= 0.6 is 0 Å². The number of imidazole rings is 1. The van der Waals surface area contributed by atoms with E-state index >= 15 is 0 Å². The fourth-order valence-electron chi connectivity index (χ4n) is 5.31. The quantitative estimate of drug-likeness (QED) is 0.302. The van der Waals surface area contributed by atoms with Crippen LogP contribution in [0, 0.1) is 0 Å². The Morgan fingerprint density at radius 3 is 2.38 bits per heavy atom. The third-order valence-electron chi connectivity index (χ3n) is 7.45. The first-order valence-electron chi connectivity index (χ1n) is 13.2. The molecule has 2 saturated carbocycles. The predicted molar refractivity (Wildman–Crippen MR) is 138 cm³/mol. The molecule has 2 aromatic heterocycles. The van der Waals surface area contributed by atoms with Gasteiger partial charge in [-0.2, -0.15) is 23.1 Å². The molecule has 37 heavy (non-hydrogen) atoms. The molecule has 2 aliphatic carbocycles. The van der Waals surface area contributed by atoms with Crippen LogP contribution in [0.1, 0.15) is 68.5 Å². The minimum atomic E-state index is -4.32. The zero-order valence-corrected chi connectivity index (χ0v) is 20.9. The van der Waals surface area contributed by atoms with Crippen molar-refractivity contribution >= 4 is 22.9 Å². The zero-order chi connectivity index (χ0) is 25.8. The number of halogens is 3. The molecular weight excluding hydrogens is 481 g/mol. The van der Waals surface area contributed by atoms with Gasteiger partial charge in [0.1, 0.15) is 0 Å². The summed E-state index contributed by atoms with van der Waals surface area (Å²) in [6, 6.07) is 6.23. The van der Waals surface area contributed by atoms with Gasteiger partial charge in [-0.15, -0.1) is 0 Å². The number of aromatic nitrogens is 4. The lowest BCUT2D eigenvalue weighted by Crippen LogP contribution is -2.33. The van der Waals surface area contributed by atoms with Gasteiger partial charge < -0.3 is 26.3 Å². The number of benzene rings is 1. The van der Waals surface area contributed by atoms with E-state index in [1.807, 2.05) is 6.33 Å². The van der Waals surface area contributed by atoms with Gasteiger partial charge in [0.25, 0.3) is 0 Å². The number of nitrogens with zero attached hydrogens (tertiary/aromatic N) is 4. The van der Waals surface area contributed by atoms with Crippen molar-refractivity contribution in [3.8, 4) is 0 Å². The Morgan fingerprint density at radius 2 is 1.68 bits per heavy atom. The fraction of sp³-hybridized carbons (Fsp3) is 0.577. The van der Waals surface area contributed by atoms with Gasteiger partial charge >= 0.3 is 6.18 Å². The maximum atomic E-state index is 12.8. The summed E-state index contributed by atoms with van der Waals surface area (Å²) in [7, 11) is 0.